The van der Waals surface area contributed by atoms with Crippen LogP contribution in [-0.4, -0.2) is 41.8 Å². The molecule has 0 radical (unpaired) electrons. The zero-order valence-electron chi connectivity index (χ0n) is 48.9. The van der Waals surface area contributed by atoms with Gasteiger partial charge >= 0.3 is 468 Å². The van der Waals surface area contributed by atoms with E-state index in [0.29, 0.717) is 11.8 Å². The van der Waals surface area contributed by atoms with Crippen LogP contribution in [0.2, 0.25) is 78.6 Å². The summed E-state index contributed by atoms with van der Waals surface area (Å²) in [4.78, 5) is 0. The molecular formula is C66H87Cl2Si5Zr. The Morgan fingerprint density at radius 1 is 0.432 bits per heavy atom. The van der Waals surface area contributed by atoms with Crippen LogP contribution in [0, 0.1) is 11.8 Å². The Morgan fingerprint density at radius 2 is 0.811 bits per heavy atom. The molecule has 1 heterocycles. The van der Waals surface area contributed by atoms with E-state index in [-0.39, 0.29) is 19.1 Å². The SMILES string of the molecule is CC(C)C1=Cc2c(ccc(C(C)C)c2-c2cc([Si](C)(C)C)cc([Si](C)(C)C)c2)[CH]1[Zr]([Cl])([Cl])([c]1cccc2c1[SiH2]c1ccccc1-2)[CH]1C(C(C)C)=Cc2c1ccc(C(C)C)c2-c1cc([Si](C)(C)C)cc([Si](C)(C)C)c1. The molecule has 0 fully saturated rings. The Balaban J connectivity index is 1.43. The summed E-state index contributed by atoms with van der Waals surface area (Å²) >= 11 is -5.89. The topological polar surface area (TPSA) is 0 Å². The number of allylic oxidation sites excluding steroid dienone is 2. The minimum atomic E-state index is -5.89. The molecule has 0 nitrogen and oxygen atoms in total. The number of halogens is 2. The quantitative estimate of drug-likeness (QED) is 0.101. The van der Waals surface area contributed by atoms with E-state index in [9.17, 15) is 17.0 Å². The molecule has 0 amide bonds. The average Bonchev–Trinajstić information content (AvgIpc) is 4.03. The van der Waals surface area contributed by atoms with Gasteiger partial charge in [-0.25, -0.2) is 0 Å². The first-order valence-corrected chi connectivity index (χ1v) is 53.9. The molecule has 6 aromatic rings. The molecule has 6 aromatic carbocycles. The Bertz CT molecular complexity index is 3070. The standard InChI is InChI=1S/2C27H39Si2.C12H9Si.2ClH.Zr/c2*1-18(2)21-13-20-11-12-25(19(3)4)27(26(20)16-21)22-14-23(28(5,6)7)17-24(15-22)29(8,9)10;1-3-7-11-9(5-1)10-6-2-4-8-12(10)13-11;;;/h2*11-19H,1-10H3;1-7H,13H2;2*1H;/q;;;;;+2/p-2. The number of fused-ring (bicyclic) bond motifs is 5. The Labute approximate surface area is 463 Å². The zero-order valence-corrected chi connectivity index (χ0v) is 58.3. The van der Waals surface area contributed by atoms with Crippen LogP contribution in [0.15, 0.2) is 114 Å². The van der Waals surface area contributed by atoms with Gasteiger partial charge in [-0.3, -0.25) is 0 Å². The minimum absolute atomic E-state index is 0.143. The third-order valence-electron chi connectivity index (χ3n) is 17.4. The van der Waals surface area contributed by atoms with E-state index in [1.54, 1.807) is 20.7 Å². The summed E-state index contributed by atoms with van der Waals surface area (Å²) in [7, 11) is 11.8. The molecule has 2 aliphatic carbocycles. The van der Waals surface area contributed by atoms with Crippen molar-refractivity contribution in [2.24, 2.45) is 11.8 Å². The van der Waals surface area contributed by atoms with Gasteiger partial charge in [-0.05, 0) is 0 Å². The van der Waals surface area contributed by atoms with Crippen LogP contribution >= 0.6 is 17.0 Å². The molecule has 0 N–H and O–H groups in total. The van der Waals surface area contributed by atoms with E-state index in [1.807, 2.05) is 0 Å². The maximum atomic E-state index is 9.77. The van der Waals surface area contributed by atoms with Crippen molar-refractivity contribution < 1.29 is 16.4 Å². The van der Waals surface area contributed by atoms with E-state index in [0.717, 1.165) is 0 Å². The summed E-state index contributed by atoms with van der Waals surface area (Å²) in [6, 6.07) is 42.0. The summed E-state index contributed by atoms with van der Waals surface area (Å²) in [6.07, 6.45) is 5.27. The van der Waals surface area contributed by atoms with E-state index in [4.69, 9.17) is 0 Å². The van der Waals surface area contributed by atoms with Crippen LogP contribution in [0.3, 0.4) is 0 Å². The normalized spacial score (nSPS) is 17.7. The molecule has 8 heteroatoms. The maximum absolute atomic E-state index is 9.77. The molecule has 0 saturated heterocycles. The van der Waals surface area contributed by atoms with Gasteiger partial charge in [-0.1, -0.05) is 0 Å². The van der Waals surface area contributed by atoms with Crippen molar-refractivity contribution in [3.8, 4) is 33.4 Å². The van der Waals surface area contributed by atoms with E-state index in [2.05, 4.69) is 249 Å². The van der Waals surface area contributed by atoms with Crippen LogP contribution in [0.5, 0.6) is 0 Å². The monoisotopic (exact) mass is 1180 g/mol. The predicted molar refractivity (Wildman–Crippen MR) is 346 cm³/mol. The molecule has 2 unspecified atom stereocenters. The molecule has 0 spiro atoms. The van der Waals surface area contributed by atoms with Gasteiger partial charge in [-0.15, -0.1) is 0 Å². The fourth-order valence-corrected chi connectivity index (χ4v) is 46.4. The van der Waals surface area contributed by atoms with Crippen LogP contribution in [0.25, 0.3) is 45.5 Å². The zero-order chi connectivity index (χ0) is 54.2. The van der Waals surface area contributed by atoms with E-state index in [1.165, 1.54) is 91.6 Å². The molecule has 1 aliphatic heterocycles. The van der Waals surface area contributed by atoms with Gasteiger partial charge in [0.25, 0.3) is 0 Å². The van der Waals surface area contributed by atoms with Gasteiger partial charge in [0.05, 0.1) is 0 Å². The fraction of sp³-hybridized carbons (Fsp3) is 0.394. The molecule has 0 aromatic heterocycles. The first-order chi connectivity index (χ1) is 34.2. The van der Waals surface area contributed by atoms with Crippen LogP contribution < -0.4 is 34.4 Å². The summed E-state index contributed by atoms with van der Waals surface area (Å²) in [5.74, 6) is 1.11. The summed E-state index contributed by atoms with van der Waals surface area (Å²) in [5.41, 5.74) is 19.4. The first kappa shape index (κ1) is 56.1. The molecular weight excluding hydrogens is 1100 g/mol. The van der Waals surface area contributed by atoms with Gasteiger partial charge in [0, 0.05) is 0 Å². The molecule has 3 aliphatic rings. The Kier molecular flexibility index (Phi) is 14.6. The van der Waals surface area contributed by atoms with Crippen molar-refractivity contribution in [1.82, 2.24) is 0 Å². The summed E-state index contributed by atoms with van der Waals surface area (Å²) < 4.78 is 1.03. The van der Waals surface area contributed by atoms with Crippen molar-refractivity contribution in [1.29, 1.82) is 0 Å². The summed E-state index contributed by atoms with van der Waals surface area (Å²) in [5, 5.41) is 9.18. The first-order valence-electron chi connectivity index (χ1n) is 28.1. The third kappa shape index (κ3) is 9.53. The average molecular weight is 1180 g/mol. The second-order valence-corrected chi connectivity index (χ2v) is 71.0. The van der Waals surface area contributed by atoms with Gasteiger partial charge in [0.15, 0.2) is 0 Å². The third-order valence-corrected chi connectivity index (χ3v) is 48.1. The van der Waals surface area contributed by atoms with Crippen LogP contribution in [-0.2, 0) is 16.4 Å². The second kappa shape index (κ2) is 19.3. The number of benzene rings is 6. The molecule has 74 heavy (non-hydrogen) atoms. The molecule has 0 saturated carbocycles. The Morgan fingerprint density at radius 3 is 1.18 bits per heavy atom. The second-order valence-electron chi connectivity index (χ2n) is 28.3. The number of hydrogen-bond acceptors (Lipinski definition) is 0. The molecule has 389 valence electrons. The molecule has 2 atom stereocenters. The van der Waals surface area contributed by atoms with Crippen molar-refractivity contribution in [2.45, 2.75) is 153 Å². The Hall–Kier alpha value is -2.65. The van der Waals surface area contributed by atoms with Crippen molar-refractivity contribution in [3.63, 3.8) is 0 Å². The number of rotatable bonds is 13. The van der Waals surface area contributed by atoms with Crippen molar-refractivity contribution in [3.05, 3.63) is 148 Å². The van der Waals surface area contributed by atoms with Crippen LogP contribution in [0.4, 0.5) is 0 Å². The van der Waals surface area contributed by atoms with Gasteiger partial charge in [0.1, 0.15) is 0 Å². The predicted octanol–water partition coefficient (Wildman–Crippen LogP) is 15.8. The molecule has 0 bridgehead atoms. The van der Waals surface area contributed by atoms with Crippen molar-refractivity contribution >= 4 is 105 Å². The van der Waals surface area contributed by atoms with Crippen LogP contribution in [0.1, 0.15) is 108 Å². The van der Waals surface area contributed by atoms with E-state index < -0.39 is 58.2 Å². The van der Waals surface area contributed by atoms with E-state index >= 15 is 0 Å². The van der Waals surface area contributed by atoms with Crippen molar-refractivity contribution in [2.75, 3.05) is 0 Å². The molecule has 9 rings (SSSR count). The number of hydrogen-bond donors (Lipinski definition) is 0. The van der Waals surface area contributed by atoms with Gasteiger partial charge in [0.2, 0.25) is 0 Å². The van der Waals surface area contributed by atoms with Gasteiger partial charge < -0.3 is 0 Å². The van der Waals surface area contributed by atoms with Gasteiger partial charge in [-0.2, -0.15) is 0 Å². The summed E-state index contributed by atoms with van der Waals surface area (Å²) in [6.45, 7) is 49.4. The fourth-order valence-electron chi connectivity index (χ4n) is 13.1.